The second-order valence-electron chi connectivity index (χ2n) is 6.84. The second kappa shape index (κ2) is 9.65. The highest BCUT2D eigenvalue weighted by molar-refractivity contribution is 7.87. The minimum absolute atomic E-state index is 0.205. The van der Waals surface area contributed by atoms with Gasteiger partial charge in [0, 0.05) is 48.0 Å². The Morgan fingerprint density at radius 1 is 1.03 bits per heavy atom. The first-order chi connectivity index (χ1) is 14.7. The van der Waals surface area contributed by atoms with Crippen molar-refractivity contribution in [2.75, 3.05) is 14.1 Å². The first-order valence-electron chi connectivity index (χ1n) is 9.18. The number of hydrogen-bond acceptors (Lipinski definition) is 3. The molecule has 0 atom stereocenters. The van der Waals surface area contributed by atoms with Crippen molar-refractivity contribution >= 4 is 39.4 Å². The number of nitrogens with zero attached hydrogens (tertiary/aromatic N) is 3. The van der Waals surface area contributed by atoms with E-state index in [1.54, 1.807) is 6.20 Å². The standard InChI is InChI=1S/C21H21Cl2N5O2S/c1-28(2)31(29,30)27-21(24)26-13-14-11-19(15-3-7-17(22)8-4-15)20(25-12-14)16-5-9-18(23)10-6-16/h3-12H,13H2,1-2H3,(H3,24,26,27). The quantitative estimate of drug-likeness (QED) is 0.413. The van der Waals surface area contributed by atoms with Crippen LogP contribution in [0.4, 0.5) is 0 Å². The van der Waals surface area contributed by atoms with Gasteiger partial charge in [0.2, 0.25) is 5.96 Å². The second-order valence-corrected chi connectivity index (χ2v) is 9.53. The molecule has 0 unspecified atom stereocenters. The summed E-state index contributed by atoms with van der Waals surface area (Å²) in [6.07, 6.45) is 1.70. The molecule has 0 aliphatic rings. The molecule has 7 nitrogen and oxygen atoms in total. The van der Waals surface area contributed by atoms with Gasteiger partial charge in [-0.3, -0.25) is 4.98 Å². The van der Waals surface area contributed by atoms with E-state index in [9.17, 15) is 8.42 Å². The summed E-state index contributed by atoms with van der Waals surface area (Å²) in [7, 11) is -1.05. The summed E-state index contributed by atoms with van der Waals surface area (Å²) >= 11 is 12.1. The molecule has 0 radical (unpaired) electrons. The van der Waals surface area contributed by atoms with Crippen LogP contribution in [0.2, 0.25) is 10.0 Å². The van der Waals surface area contributed by atoms with Crippen LogP contribution in [0, 0.1) is 0 Å². The number of pyridine rings is 1. The molecule has 162 valence electrons. The summed E-state index contributed by atoms with van der Waals surface area (Å²) < 4.78 is 28.2. The molecule has 31 heavy (non-hydrogen) atoms. The summed E-state index contributed by atoms with van der Waals surface area (Å²) in [5.74, 6) is -0.205. The molecule has 2 aromatic carbocycles. The largest absolute Gasteiger partial charge is 0.369 e. The zero-order valence-electron chi connectivity index (χ0n) is 16.9. The van der Waals surface area contributed by atoms with E-state index in [2.05, 4.69) is 14.7 Å². The average Bonchev–Trinajstić information content (AvgIpc) is 2.73. The van der Waals surface area contributed by atoms with Gasteiger partial charge >= 0.3 is 10.2 Å². The van der Waals surface area contributed by atoms with Gasteiger partial charge in [0.1, 0.15) is 0 Å². The molecule has 0 fully saturated rings. The van der Waals surface area contributed by atoms with Gasteiger partial charge < -0.3 is 11.1 Å². The van der Waals surface area contributed by atoms with E-state index in [4.69, 9.17) is 28.9 Å². The minimum atomic E-state index is -3.81. The number of nitrogens with two attached hydrogens (primary N) is 1. The van der Waals surface area contributed by atoms with E-state index >= 15 is 0 Å². The Kier molecular flexibility index (Phi) is 7.17. The Labute approximate surface area is 191 Å². The van der Waals surface area contributed by atoms with Crippen molar-refractivity contribution in [3.05, 3.63) is 76.4 Å². The van der Waals surface area contributed by atoms with Crippen LogP contribution in [0.15, 0.2) is 65.2 Å². The molecule has 0 aliphatic carbocycles. The van der Waals surface area contributed by atoms with Crippen molar-refractivity contribution in [2.24, 2.45) is 10.1 Å². The fraction of sp³-hybridized carbons (Fsp3) is 0.143. The highest BCUT2D eigenvalue weighted by Gasteiger charge is 2.13. The van der Waals surface area contributed by atoms with E-state index in [1.165, 1.54) is 14.1 Å². The summed E-state index contributed by atoms with van der Waals surface area (Å²) in [5, 5.41) is 4.08. The van der Waals surface area contributed by atoms with Gasteiger partial charge in [-0.1, -0.05) is 47.5 Å². The lowest BCUT2D eigenvalue weighted by Crippen LogP contribution is -2.34. The van der Waals surface area contributed by atoms with Crippen molar-refractivity contribution in [1.29, 1.82) is 0 Å². The molecule has 0 amide bonds. The Balaban J connectivity index is 1.95. The summed E-state index contributed by atoms with van der Waals surface area (Å²) in [6, 6.07) is 16.8. The van der Waals surface area contributed by atoms with Gasteiger partial charge in [0.05, 0.1) is 5.69 Å². The maximum absolute atomic E-state index is 11.8. The smallest absolute Gasteiger partial charge is 0.325 e. The Hall–Kier alpha value is -2.65. The lowest BCUT2D eigenvalue weighted by molar-refractivity contribution is 0.522. The number of benzene rings is 2. The van der Waals surface area contributed by atoms with Gasteiger partial charge in [0.25, 0.3) is 0 Å². The van der Waals surface area contributed by atoms with Crippen LogP contribution < -0.4 is 11.1 Å². The summed E-state index contributed by atoms with van der Waals surface area (Å²) in [5.41, 5.74) is 10.0. The van der Waals surface area contributed by atoms with Crippen LogP contribution in [0.1, 0.15) is 5.56 Å². The average molecular weight is 478 g/mol. The molecule has 0 saturated carbocycles. The highest BCUT2D eigenvalue weighted by Crippen LogP contribution is 2.32. The van der Waals surface area contributed by atoms with Crippen LogP contribution >= 0.6 is 23.2 Å². The van der Waals surface area contributed by atoms with Crippen LogP contribution in [-0.4, -0.2) is 37.8 Å². The van der Waals surface area contributed by atoms with Crippen LogP contribution in [0.3, 0.4) is 0 Å². The number of aromatic nitrogens is 1. The number of halogens is 2. The van der Waals surface area contributed by atoms with Crippen LogP contribution in [0.5, 0.6) is 0 Å². The number of nitrogens with one attached hydrogen (secondary N) is 1. The van der Waals surface area contributed by atoms with Crippen molar-refractivity contribution in [2.45, 2.75) is 6.54 Å². The minimum Gasteiger partial charge on any atom is -0.369 e. The predicted octanol–water partition coefficient (Wildman–Crippen LogP) is 3.93. The number of guanidine groups is 1. The molecule has 3 aromatic rings. The number of rotatable bonds is 6. The molecule has 0 saturated heterocycles. The fourth-order valence-corrected chi connectivity index (χ4v) is 3.45. The predicted molar refractivity (Wildman–Crippen MR) is 126 cm³/mol. The third kappa shape index (κ3) is 5.95. The molecule has 10 heteroatoms. The van der Waals surface area contributed by atoms with Gasteiger partial charge in [0.15, 0.2) is 0 Å². The van der Waals surface area contributed by atoms with Gasteiger partial charge in [-0.2, -0.15) is 12.7 Å². The third-order valence-corrected chi connectivity index (χ3v) is 6.22. The molecule has 1 aromatic heterocycles. The Morgan fingerprint density at radius 3 is 2.13 bits per heavy atom. The zero-order chi connectivity index (χ0) is 22.6. The van der Waals surface area contributed by atoms with Gasteiger partial charge in [-0.05, 0) is 41.5 Å². The van der Waals surface area contributed by atoms with Gasteiger partial charge in [-0.25, -0.2) is 0 Å². The first-order valence-corrected chi connectivity index (χ1v) is 11.3. The first kappa shape index (κ1) is 23.0. The normalized spacial score (nSPS) is 12.2. The van der Waals surface area contributed by atoms with E-state index in [1.807, 2.05) is 54.6 Å². The maximum Gasteiger partial charge on any atom is 0.325 e. The summed E-state index contributed by atoms with van der Waals surface area (Å²) in [4.78, 5) is 4.63. The van der Waals surface area contributed by atoms with Crippen LogP contribution in [-0.2, 0) is 16.8 Å². The molecule has 0 spiro atoms. The monoisotopic (exact) mass is 477 g/mol. The van der Waals surface area contributed by atoms with E-state index in [0.29, 0.717) is 10.0 Å². The van der Waals surface area contributed by atoms with Crippen LogP contribution in [0.25, 0.3) is 22.4 Å². The molecular formula is C21H21Cl2N5O2S. The molecule has 3 N–H and O–H groups in total. The summed E-state index contributed by atoms with van der Waals surface area (Å²) in [6.45, 7) is 0.243. The van der Waals surface area contributed by atoms with Gasteiger partial charge in [-0.15, -0.1) is 4.40 Å². The number of hydrogen-bond donors (Lipinski definition) is 2. The third-order valence-electron chi connectivity index (χ3n) is 4.37. The zero-order valence-corrected chi connectivity index (χ0v) is 19.2. The fourth-order valence-electron chi connectivity index (χ4n) is 2.72. The molecular weight excluding hydrogens is 457 g/mol. The van der Waals surface area contributed by atoms with E-state index in [-0.39, 0.29) is 12.5 Å². The highest BCUT2D eigenvalue weighted by atomic mass is 35.5. The van der Waals surface area contributed by atoms with Crippen molar-refractivity contribution in [3.63, 3.8) is 0 Å². The molecule has 0 bridgehead atoms. The SMILES string of the molecule is CN(C)S(=O)(=O)N=C(N)NCc1cnc(-c2ccc(Cl)cc2)c(-c2ccc(Cl)cc2)c1. The van der Waals surface area contributed by atoms with Crippen molar-refractivity contribution in [3.8, 4) is 22.4 Å². The van der Waals surface area contributed by atoms with E-state index < -0.39 is 10.2 Å². The molecule has 1 heterocycles. The lowest BCUT2D eigenvalue weighted by Gasteiger charge is -2.13. The maximum atomic E-state index is 11.8. The van der Waals surface area contributed by atoms with Crippen molar-refractivity contribution < 1.29 is 8.42 Å². The lowest BCUT2D eigenvalue weighted by atomic mass is 9.98. The molecule has 0 aliphatic heterocycles. The van der Waals surface area contributed by atoms with Crippen molar-refractivity contribution in [1.82, 2.24) is 14.6 Å². The Bertz CT molecular complexity index is 1200. The molecule has 3 rings (SSSR count). The topological polar surface area (TPSA) is 101 Å². The Morgan fingerprint density at radius 2 is 1.58 bits per heavy atom. The van der Waals surface area contributed by atoms with E-state index in [0.717, 1.165) is 32.3 Å².